The Hall–Kier alpha value is -2.09. The van der Waals surface area contributed by atoms with E-state index in [1.54, 1.807) is 34.6 Å². The molecular formula is C23H29ClN2O4S. The fourth-order valence-corrected chi connectivity index (χ4v) is 5.19. The monoisotopic (exact) mass is 464 g/mol. The second kappa shape index (κ2) is 10.5. The third-order valence-electron chi connectivity index (χ3n) is 5.46. The fourth-order valence-electron chi connectivity index (χ4n) is 3.50. The molecule has 0 aliphatic carbocycles. The van der Waals surface area contributed by atoms with Gasteiger partial charge < -0.3 is 10.1 Å². The molecule has 31 heavy (non-hydrogen) atoms. The lowest BCUT2D eigenvalue weighted by molar-refractivity contribution is -0.116. The van der Waals surface area contributed by atoms with Gasteiger partial charge in [-0.25, -0.2) is 8.42 Å². The van der Waals surface area contributed by atoms with E-state index in [-0.39, 0.29) is 10.8 Å². The average Bonchev–Trinajstić information content (AvgIpc) is 2.73. The lowest BCUT2D eigenvalue weighted by atomic mass is 10.0. The first kappa shape index (κ1) is 23.6. The van der Waals surface area contributed by atoms with E-state index < -0.39 is 10.0 Å². The van der Waals surface area contributed by atoms with Crippen molar-refractivity contribution in [1.29, 1.82) is 0 Å². The number of hydrogen-bond donors (Lipinski definition) is 1. The van der Waals surface area contributed by atoms with Crippen molar-refractivity contribution in [1.82, 2.24) is 4.31 Å². The van der Waals surface area contributed by atoms with Crippen LogP contribution in [0.2, 0.25) is 5.02 Å². The quantitative estimate of drug-likeness (QED) is 0.565. The number of ether oxygens (including phenoxy) is 1. The van der Waals surface area contributed by atoms with Crippen LogP contribution in [0.15, 0.2) is 47.4 Å². The lowest BCUT2D eigenvalue weighted by Crippen LogP contribution is -2.37. The van der Waals surface area contributed by atoms with Crippen LogP contribution in [0.3, 0.4) is 0 Å². The molecule has 1 saturated heterocycles. The van der Waals surface area contributed by atoms with Crippen LogP contribution in [0.25, 0.3) is 0 Å². The summed E-state index contributed by atoms with van der Waals surface area (Å²) in [5.74, 6) is 1.17. The van der Waals surface area contributed by atoms with Gasteiger partial charge in [0.2, 0.25) is 15.9 Å². The molecular weight excluding hydrogens is 436 g/mol. The second-order valence-electron chi connectivity index (χ2n) is 8.02. The first-order valence-corrected chi connectivity index (χ1v) is 12.4. The minimum atomic E-state index is -3.49. The van der Waals surface area contributed by atoms with Crippen LogP contribution in [0.4, 0.5) is 5.69 Å². The summed E-state index contributed by atoms with van der Waals surface area (Å²) in [7, 11) is -3.49. The predicted molar refractivity (Wildman–Crippen MR) is 123 cm³/mol. The van der Waals surface area contributed by atoms with Crippen LogP contribution < -0.4 is 10.1 Å². The second-order valence-corrected chi connectivity index (χ2v) is 10.4. The van der Waals surface area contributed by atoms with Crippen LogP contribution in [-0.2, 0) is 14.8 Å². The molecule has 1 aliphatic rings. The molecule has 0 spiro atoms. The highest BCUT2D eigenvalue weighted by atomic mass is 35.5. The standard InChI is InChI=1S/C23H29ClN2O4S/c1-17-11-13-26(14-12-17)31(28,29)21-8-6-20(7-9-21)25-23(27)4-3-15-30-22-10-5-19(24)16-18(22)2/h5-10,16-17H,3-4,11-15H2,1-2H3,(H,25,27). The van der Waals surface area contributed by atoms with Crippen LogP contribution in [0.1, 0.15) is 38.2 Å². The Balaban J connectivity index is 1.46. The largest absolute Gasteiger partial charge is 0.493 e. The smallest absolute Gasteiger partial charge is 0.243 e. The zero-order chi connectivity index (χ0) is 22.4. The maximum atomic E-state index is 12.8. The molecule has 0 saturated carbocycles. The average molecular weight is 465 g/mol. The summed E-state index contributed by atoms with van der Waals surface area (Å²) in [6.07, 6.45) is 2.63. The summed E-state index contributed by atoms with van der Waals surface area (Å²) >= 11 is 5.93. The number of halogens is 1. The van der Waals surface area contributed by atoms with Gasteiger partial charge in [0.05, 0.1) is 11.5 Å². The Morgan fingerprint density at radius 3 is 2.48 bits per heavy atom. The number of hydrogen-bond acceptors (Lipinski definition) is 4. The van der Waals surface area contributed by atoms with E-state index in [2.05, 4.69) is 12.2 Å². The zero-order valence-corrected chi connectivity index (χ0v) is 19.5. The highest BCUT2D eigenvalue weighted by Crippen LogP contribution is 2.25. The Morgan fingerprint density at radius 2 is 1.84 bits per heavy atom. The molecule has 2 aromatic rings. The van der Waals surface area contributed by atoms with Gasteiger partial charge >= 0.3 is 0 Å². The number of amides is 1. The number of nitrogens with zero attached hydrogens (tertiary/aromatic N) is 1. The molecule has 0 aromatic heterocycles. The van der Waals surface area contributed by atoms with Crippen molar-refractivity contribution in [2.75, 3.05) is 25.0 Å². The zero-order valence-electron chi connectivity index (χ0n) is 17.9. The molecule has 1 aliphatic heterocycles. The lowest BCUT2D eigenvalue weighted by Gasteiger charge is -2.29. The maximum Gasteiger partial charge on any atom is 0.243 e. The molecule has 8 heteroatoms. The van der Waals surface area contributed by atoms with Crippen molar-refractivity contribution in [2.24, 2.45) is 5.92 Å². The molecule has 1 fully saturated rings. The molecule has 0 bridgehead atoms. The van der Waals surface area contributed by atoms with Crippen LogP contribution in [0, 0.1) is 12.8 Å². The number of sulfonamides is 1. The molecule has 0 unspecified atom stereocenters. The van der Waals surface area contributed by atoms with Crippen LogP contribution in [0.5, 0.6) is 5.75 Å². The Labute approximate surface area is 189 Å². The number of rotatable bonds is 8. The molecule has 6 nitrogen and oxygen atoms in total. The molecule has 3 rings (SSSR count). The van der Waals surface area contributed by atoms with E-state index >= 15 is 0 Å². The van der Waals surface area contributed by atoms with E-state index in [0.29, 0.717) is 49.2 Å². The summed E-state index contributed by atoms with van der Waals surface area (Å²) < 4.78 is 32.8. The van der Waals surface area contributed by atoms with E-state index in [1.807, 2.05) is 19.1 Å². The molecule has 2 aromatic carbocycles. The van der Waals surface area contributed by atoms with Crippen molar-refractivity contribution in [3.8, 4) is 5.75 Å². The number of benzene rings is 2. The number of carbonyl (C=O) groups excluding carboxylic acids is 1. The van der Waals surface area contributed by atoms with Crippen molar-refractivity contribution < 1.29 is 17.9 Å². The molecule has 168 valence electrons. The third-order valence-corrected chi connectivity index (χ3v) is 7.61. The van der Waals surface area contributed by atoms with Gasteiger partial charge in [-0.15, -0.1) is 0 Å². The van der Waals surface area contributed by atoms with Crippen molar-refractivity contribution in [2.45, 2.75) is 44.4 Å². The van der Waals surface area contributed by atoms with Crippen molar-refractivity contribution in [3.05, 3.63) is 53.1 Å². The number of piperidine rings is 1. The third kappa shape index (κ3) is 6.45. The number of anilines is 1. The van der Waals surface area contributed by atoms with E-state index in [0.717, 1.165) is 24.2 Å². The molecule has 1 heterocycles. The van der Waals surface area contributed by atoms with Gasteiger partial charge in [-0.2, -0.15) is 4.31 Å². The van der Waals surface area contributed by atoms with Gasteiger partial charge in [-0.3, -0.25) is 4.79 Å². The molecule has 1 amide bonds. The van der Waals surface area contributed by atoms with E-state index in [1.165, 1.54) is 0 Å². The summed E-state index contributed by atoms with van der Waals surface area (Å²) in [5.41, 5.74) is 1.52. The van der Waals surface area contributed by atoms with E-state index in [9.17, 15) is 13.2 Å². The summed E-state index contributed by atoms with van der Waals surface area (Å²) in [5, 5.41) is 3.46. The van der Waals surface area contributed by atoms with Gasteiger partial charge in [0.25, 0.3) is 0 Å². The van der Waals surface area contributed by atoms with Gasteiger partial charge in [-0.1, -0.05) is 18.5 Å². The number of nitrogens with one attached hydrogen (secondary N) is 1. The highest BCUT2D eigenvalue weighted by molar-refractivity contribution is 7.89. The maximum absolute atomic E-state index is 12.8. The van der Waals surface area contributed by atoms with Gasteiger partial charge in [0.1, 0.15) is 5.75 Å². The topological polar surface area (TPSA) is 75.7 Å². The SMILES string of the molecule is Cc1cc(Cl)ccc1OCCCC(=O)Nc1ccc(S(=O)(=O)N2CCC(C)CC2)cc1. The van der Waals surface area contributed by atoms with Crippen LogP contribution >= 0.6 is 11.6 Å². The van der Waals surface area contributed by atoms with Crippen LogP contribution in [-0.4, -0.2) is 38.3 Å². The minimum absolute atomic E-state index is 0.142. The predicted octanol–water partition coefficient (Wildman–Crippen LogP) is 4.87. The van der Waals surface area contributed by atoms with Gasteiger partial charge in [0, 0.05) is 30.2 Å². The number of carbonyl (C=O) groups is 1. The Kier molecular flexibility index (Phi) is 7.97. The molecule has 0 atom stereocenters. The minimum Gasteiger partial charge on any atom is -0.493 e. The van der Waals surface area contributed by atoms with Crippen molar-refractivity contribution >= 4 is 33.2 Å². The highest BCUT2D eigenvalue weighted by Gasteiger charge is 2.27. The summed E-state index contributed by atoms with van der Waals surface area (Å²) in [6, 6.07) is 11.8. The van der Waals surface area contributed by atoms with Gasteiger partial charge in [0.15, 0.2) is 0 Å². The molecule has 0 radical (unpaired) electrons. The summed E-state index contributed by atoms with van der Waals surface area (Å²) in [6.45, 7) is 5.59. The first-order chi connectivity index (χ1) is 14.8. The fraction of sp³-hybridized carbons (Fsp3) is 0.435. The number of aryl methyl sites for hydroxylation is 1. The normalized spacial score (nSPS) is 15.6. The van der Waals surface area contributed by atoms with Gasteiger partial charge in [-0.05, 0) is 80.1 Å². The molecule has 1 N–H and O–H groups in total. The Bertz CT molecular complexity index is 1000. The van der Waals surface area contributed by atoms with E-state index in [4.69, 9.17) is 16.3 Å². The van der Waals surface area contributed by atoms with Crippen molar-refractivity contribution in [3.63, 3.8) is 0 Å². The first-order valence-electron chi connectivity index (χ1n) is 10.5. The Morgan fingerprint density at radius 1 is 1.16 bits per heavy atom. The summed E-state index contributed by atoms with van der Waals surface area (Å²) in [4.78, 5) is 12.4.